The quantitative estimate of drug-likeness (QED) is 0.521. The van der Waals surface area contributed by atoms with Gasteiger partial charge in [0, 0.05) is 30.2 Å². The van der Waals surface area contributed by atoms with Crippen LogP contribution in [-0.2, 0) is 19.6 Å². The normalized spacial score (nSPS) is 17.7. The van der Waals surface area contributed by atoms with Gasteiger partial charge in [-0.2, -0.15) is 4.31 Å². The van der Waals surface area contributed by atoms with Crippen molar-refractivity contribution >= 4 is 45.0 Å². The van der Waals surface area contributed by atoms with Gasteiger partial charge in [-0.05, 0) is 36.8 Å². The van der Waals surface area contributed by atoms with Crippen molar-refractivity contribution in [2.45, 2.75) is 36.8 Å². The minimum Gasteiger partial charge on any atom is -0.374 e. The molecule has 11 heteroatoms. The second-order valence-corrected chi connectivity index (χ2v) is 10.6. The molecule has 2 N–H and O–H groups in total. The zero-order valence-electron chi connectivity index (χ0n) is 18.7. The molecule has 0 saturated carbocycles. The summed E-state index contributed by atoms with van der Waals surface area (Å²) >= 11 is 12.0. The molecule has 3 rings (SSSR count). The standard InChI is InChI=1S/C23H27Cl2N3O5S/c1-2-6-20(27-22(29)16-7-4-3-5-8-16)23(30)26-14-18-15-28(11-12-33-18)34(31,32)21-10-9-17(24)13-19(21)25/h3-5,7-10,13,18,20H,2,6,11-12,14-15H2,1H3,(H,26,30)(H,27,29)/t18?,20-/m0/s1. The molecule has 2 atom stereocenters. The topological polar surface area (TPSA) is 105 Å². The highest BCUT2D eigenvalue weighted by Gasteiger charge is 2.33. The van der Waals surface area contributed by atoms with E-state index >= 15 is 0 Å². The van der Waals surface area contributed by atoms with Gasteiger partial charge >= 0.3 is 0 Å². The van der Waals surface area contributed by atoms with Crippen LogP contribution in [0.3, 0.4) is 0 Å². The first kappa shape index (κ1) is 26.4. The van der Waals surface area contributed by atoms with Crippen LogP contribution >= 0.6 is 23.2 Å². The Hall–Kier alpha value is -2.17. The van der Waals surface area contributed by atoms with E-state index in [1.54, 1.807) is 24.3 Å². The third-order valence-corrected chi connectivity index (χ3v) is 7.94. The SMILES string of the molecule is CCC[C@H](NC(=O)c1ccccc1)C(=O)NCC1CN(S(=O)(=O)c2ccc(Cl)cc2Cl)CCO1. The summed E-state index contributed by atoms with van der Waals surface area (Å²) in [5.74, 6) is -0.685. The second kappa shape index (κ2) is 12.0. The number of ether oxygens (including phenoxy) is 1. The number of carbonyl (C=O) groups is 2. The summed E-state index contributed by atoms with van der Waals surface area (Å²) in [4.78, 5) is 25.2. The van der Waals surface area contributed by atoms with Crippen molar-refractivity contribution in [1.29, 1.82) is 0 Å². The number of carbonyl (C=O) groups excluding carboxylic acids is 2. The predicted molar refractivity (Wildman–Crippen MR) is 131 cm³/mol. The van der Waals surface area contributed by atoms with Crippen molar-refractivity contribution < 1.29 is 22.7 Å². The van der Waals surface area contributed by atoms with Crippen LogP contribution in [0.4, 0.5) is 0 Å². The smallest absolute Gasteiger partial charge is 0.251 e. The predicted octanol–water partition coefficient (Wildman–Crippen LogP) is 3.10. The molecule has 2 aromatic rings. The first-order valence-corrected chi connectivity index (χ1v) is 13.1. The summed E-state index contributed by atoms with van der Waals surface area (Å²) in [7, 11) is -3.86. The van der Waals surface area contributed by atoms with Gasteiger partial charge in [-0.3, -0.25) is 9.59 Å². The Morgan fingerprint density at radius 2 is 1.91 bits per heavy atom. The Morgan fingerprint density at radius 3 is 2.59 bits per heavy atom. The van der Waals surface area contributed by atoms with E-state index in [0.29, 0.717) is 23.4 Å². The van der Waals surface area contributed by atoms with E-state index in [4.69, 9.17) is 27.9 Å². The molecule has 1 unspecified atom stereocenters. The van der Waals surface area contributed by atoms with Gasteiger partial charge in [0.15, 0.2) is 0 Å². The summed E-state index contributed by atoms with van der Waals surface area (Å²) in [5, 5.41) is 5.93. The van der Waals surface area contributed by atoms with E-state index in [2.05, 4.69) is 10.6 Å². The van der Waals surface area contributed by atoms with Gasteiger partial charge in [0.25, 0.3) is 5.91 Å². The van der Waals surface area contributed by atoms with Gasteiger partial charge in [0.1, 0.15) is 10.9 Å². The van der Waals surface area contributed by atoms with Gasteiger partial charge < -0.3 is 15.4 Å². The molecule has 1 saturated heterocycles. The molecule has 0 radical (unpaired) electrons. The lowest BCUT2D eigenvalue weighted by molar-refractivity contribution is -0.124. The molecule has 0 spiro atoms. The number of nitrogens with one attached hydrogen (secondary N) is 2. The van der Waals surface area contributed by atoms with E-state index < -0.39 is 22.2 Å². The van der Waals surface area contributed by atoms with E-state index in [1.807, 2.05) is 13.0 Å². The van der Waals surface area contributed by atoms with Crippen molar-refractivity contribution in [3.8, 4) is 0 Å². The number of nitrogens with zero attached hydrogens (tertiary/aromatic N) is 1. The third kappa shape index (κ3) is 6.70. The molecule has 184 valence electrons. The lowest BCUT2D eigenvalue weighted by Crippen LogP contribution is -2.52. The van der Waals surface area contributed by atoms with Crippen molar-refractivity contribution in [3.63, 3.8) is 0 Å². The van der Waals surface area contributed by atoms with E-state index in [9.17, 15) is 18.0 Å². The van der Waals surface area contributed by atoms with Crippen LogP contribution in [0.15, 0.2) is 53.4 Å². The molecule has 1 heterocycles. The fourth-order valence-corrected chi connectivity index (χ4v) is 5.79. The van der Waals surface area contributed by atoms with Crippen LogP contribution in [0.2, 0.25) is 10.0 Å². The fraction of sp³-hybridized carbons (Fsp3) is 0.391. The first-order valence-electron chi connectivity index (χ1n) is 10.9. The lowest BCUT2D eigenvalue weighted by atomic mass is 10.1. The van der Waals surface area contributed by atoms with Crippen molar-refractivity contribution in [2.24, 2.45) is 0 Å². The highest BCUT2D eigenvalue weighted by atomic mass is 35.5. The molecule has 2 amide bonds. The van der Waals surface area contributed by atoms with Crippen LogP contribution in [0.1, 0.15) is 30.1 Å². The van der Waals surface area contributed by atoms with Gasteiger partial charge in [-0.15, -0.1) is 0 Å². The number of amides is 2. The molecule has 0 bridgehead atoms. The molecule has 1 aliphatic rings. The monoisotopic (exact) mass is 527 g/mol. The van der Waals surface area contributed by atoms with E-state index in [1.165, 1.54) is 22.5 Å². The lowest BCUT2D eigenvalue weighted by Gasteiger charge is -2.32. The Morgan fingerprint density at radius 1 is 1.18 bits per heavy atom. The summed E-state index contributed by atoms with van der Waals surface area (Å²) < 4.78 is 33.1. The van der Waals surface area contributed by atoms with Gasteiger partial charge in [-0.1, -0.05) is 54.7 Å². The summed E-state index contributed by atoms with van der Waals surface area (Å²) in [6, 6.07) is 12.2. The Bertz CT molecular complexity index is 1110. The Kier molecular flexibility index (Phi) is 9.32. The molecular formula is C23H27Cl2N3O5S. The minimum absolute atomic E-state index is 0.0325. The molecule has 0 aromatic heterocycles. The maximum atomic E-state index is 13.1. The van der Waals surface area contributed by atoms with Gasteiger partial charge in [-0.25, -0.2) is 8.42 Å². The molecular weight excluding hydrogens is 501 g/mol. The number of hydrogen-bond donors (Lipinski definition) is 2. The van der Waals surface area contributed by atoms with Crippen LogP contribution in [0, 0.1) is 0 Å². The maximum absolute atomic E-state index is 13.1. The number of rotatable bonds is 9. The number of halogens is 2. The van der Waals surface area contributed by atoms with Crippen molar-refractivity contribution in [1.82, 2.24) is 14.9 Å². The van der Waals surface area contributed by atoms with Crippen molar-refractivity contribution in [2.75, 3.05) is 26.2 Å². The molecule has 8 nitrogen and oxygen atoms in total. The molecule has 1 aliphatic heterocycles. The Balaban J connectivity index is 1.60. The van der Waals surface area contributed by atoms with Crippen LogP contribution in [0.25, 0.3) is 0 Å². The molecule has 0 aliphatic carbocycles. The second-order valence-electron chi connectivity index (χ2n) is 7.86. The Labute approximate surface area is 209 Å². The summed E-state index contributed by atoms with van der Waals surface area (Å²) in [6.45, 7) is 2.41. The van der Waals surface area contributed by atoms with Crippen LogP contribution in [-0.4, -0.2) is 62.9 Å². The number of sulfonamides is 1. The van der Waals surface area contributed by atoms with E-state index in [0.717, 1.165) is 0 Å². The molecule has 2 aromatic carbocycles. The zero-order valence-corrected chi connectivity index (χ0v) is 21.0. The summed E-state index contributed by atoms with van der Waals surface area (Å²) in [5.41, 5.74) is 0.466. The number of hydrogen-bond acceptors (Lipinski definition) is 5. The number of morpholine rings is 1. The maximum Gasteiger partial charge on any atom is 0.251 e. The summed E-state index contributed by atoms with van der Waals surface area (Å²) in [6.07, 6.45) is 0.609. The van der Waals surface area contributed by atoms with Crippen LogP contribution < -0.4 is 10.6 Å². The number of benzene rings is 2. The largest absolute Gasteiger partial charge is 0.374 e. The van der Waals surface area contributed by atoms with Gasteiger partial charge in [0.05, 0.1) is 17.7 Å². The fourth-order valence-electron chi connectivity index (χ4n) is 3.58. The van der Waals surface area contributed by atoms with Gasteiger partial charge in [0.2, 0.25) is 15.9 Å². The zero-order chi connectivity index (χ0) is 24.7. The highest BCUT2D eigenvalue weighted by Crippen LogP contribution is 2.28. The highest BCUT2D eigenvalue weighted by molar-refractivity contribution is 7.89. The third-order valence-electron chi connectivity index (χ3n) is 5.35. The van der Waals surface area contributed by atoms with E-state index in [-0.39, 0.29) is 48.0 Å². The average molecular weight is 528 g/mol. The minimum atomic E-state index is -3.86. The average Bonchev–Trinajstić information content (AvgIpc) is 2.82. The van der Waals surface area contributed by atoms with Crippen molar-refractivity contribution in [3.05, 3.63) is 64.1 Å². The molecule has 1 fully saturated rings. The molecule has 34 heavy (non-hydrogen) atoms. The van der Waals surface area contributed by atoms with Crippen LogP contribution in [0.5, 0.6) is 0 Å². The first-order chi connectivity index (χ1) is 16.2.